The smallest absolute Gasteiger partial charge is 0.251 e. The molecule has 0 aliphatic heterocycles. The zero-order valence-electron chi connectivity index (χ0n) is 21.1. The maximum absolute atomic E-state index is 13.0. The van der Waals surface area contributed by atoms with Gasteiger partial charge in [0.15, 0.2) is 9.84 Å². The summed E-state index contributed by atoms with van der Waals surface area (Å²) in [5.74, 6) is -0.412. The van der Waals surface area contributed by atoms with Gasteiger partial charge in [0.05, 0.1) is 35.4 Å². The van der Waals surface area contributed by atoms with Crippen LogP contribution in [0.1, 0.15) is 48.3 Å². The van der Waals surface area contributed by atoms with Crippen LogP contribution in [0.25, 0.3) is 11.0 Å². The third-order valence-corrected chi connectivity index (χ3v) is 8.79. The van der Waals surface area contributed by atoms with E-state index < -0.39 is 21.8 Å². The second-order valence-corrected chi connectivity index (χ2v) is 12.8. The number of carbonyl (C=O) groups is 1. The number of carbonyl (C=O) groups excluding carboxylic acids is 1. The van der Waals surface area contributed by atoms with Crippen molar-refractivity contribution in [2.24, 2.45) is 0 Å². The van der Waals surface area contributed by atoms with Gasteiger partial charge in [0.1, 0.15) is 5.52 Å². The van der Waals surface area contributed by atoms with E-state index in [-0.39, 0.29) is 22.7 Å². The Morgan fingerprint density at radius 2 is 1.79 bits per heavy atom. The first-order valence-electron chi connectivity index (χ1n) is 12.0. The summed E-state index contributed by atoms with van der Waals surface area (Å²) in [5.41, 5.74) is 2.80. The number of nitrogens with zero attached hydrogens (tertiary/aromatic N) is 3. The van der Waals surface area contributed by atoms with Crippen LogP contribution < -0.4 is 5.32 Å². The molecule has 1 amide bonds. The van der Waals surface area contributed by atoms with E-state index in [1.807, 2.05) is 6.07 Å². The first-order valence-corrected chi connectivity index (χ1v) is 14.4. The number of halogens is 2. The number of sulfone groups is 1. The monoisotopic (exact) mass is 574 g/mol. The van der Waals surface area contributed by atoms with E-state index in [2.05, 4.69) is 29.5 Å². The van der Waals surface area contributed by atoms with Crippen LogP contribution in [0.15, 0.2) is 65.6 Å². The summed E-state index contributed by atoms with van der Waals surface area (Å²) in [5, 5.41) is 22.4. The second-order valence-electron chi connectivity index (χ2n) is 9.64. The molecule has 0 spiro atoms. The number of aromatic nitrogens is 3. The number of amides is 1. The topological polar surface area (TPSA) is 114 Å². The number of benzene rings is 3. The van der Waals surface area contributed by atoms with Crippen molar-refractivity contribution in [3.05, 3.63) is 87.4 Å². The normalized spacial score (nSPS) is 13.0. The third kappa shape index (κ3) is 5.86. The van der Waals surface area contributed by atoms with E-state index in [9.17, 15) is 18.3 Å². The van der Waals surface area contributed by atoms with Crippen molar-refractivity contribution < 1.29 is 18.3 Å². The molecule has 0 saturated carbocycles. The molecule has 3 aromatic carbocycles. The molecule has 1 atom stereocenters. The van der Waals surface area contributed by atoms with Crippen molar-refractivity contribution in [1.82, 2.24) is 20.3 Å². The Morgan fingerprint density at radius 1 is 1.08 bits per heavy atom. The number of fused-ring (bicyclic) bond motifs is 1. The van der Waals surface area contributed by atoms with E-state index in [0.29, 0.717) is 33.2 Å². The minimum Gasteiger partial charge on any atom is -0.394 e. The largest absolute Gasteiger partial charge is 0.394 e. The van der Waals surface area contributed by atoms with Crippen LogP contribution in [0, 0.1) is 0 Å². The van der Waals surface area contributed by atoms with E-state index in [1.165, 1.54) is 12.1 Å². The van der Waals surface area contributed by atoms with Gasteiger partial charge in [-0.3, -0.25) is 4.79 Å². The number of hydrogen-bond donors (Lipinski definition) is 2. The van der Waals surface area contributed by atoms with E-state index in [4.69, 9.17) is 23.2 Å². The Balaban J connectivity index is 1.52. The lowest BCUT2D eigenvalue weighted by molar-refractivity contribution is 0.0916. The molecule has 1 aromatic heterocycles. The summed E-state index contributed by atoms with van der Waals surface area (Å²) < 4.78 is 25.9. The molecular formula is C27H28Cl2N4O4S. The molecule has 0 saturated heterocycles. The zero-order valence-corrected chi connectivity index (χ0v) is 23.5. The SMILES string of the molecule is CCS(=O)(=O)c1ccc(C(CO)NC(=O)c2ccc3c(c2)nnn3CC(C)(C)c2ccc(Cl)cc2Cl)cc1. The molecule has 4 rings (SSSR count). The number of hydrogen-bond acceptors (Lipinski definition) is 6. The van der Waals surface area contributed by atoms with Gasteiger partial charge in [0.25, 0.3) is 5.91 Å². The number of aliphatic hydroxyl groups excluding tert-OH is 1. The molecule has 0 aliphatic carbocycles. The standard InChI is InChI=1S/C27H28Cl2N4O4S/c1-4-38(36,37)20-9-5-17(6-10-20)24(15-34)30-26(35)18-7-12-25-23(13-18)31-32-33(25)16-27(2,3)21-11-8-19(28)14-22(21)29/h5-14,24,34H,4,15-16H2,1-3H3,(H,30,35). The van der Waals surface area contributed by atoms with Crippen molar-refractivity contribution in [3.8, 4) is 0 Å². The minimum absolute atomic E-state index is 0.00796. The van der Waals surface area contributed by atoms with Crippen molar-refractivity contribution in [1.29, 1.82) is 0 Å². The Labute approximate surface area is 231 Å². The van der Waals surface area contributed by atoms with Gasteiger partial charge in [-0.1, -0.05) is 67.4 Å². The van der Waals surface area contributed by atoms with Crippen molar-refractivity contribution in [3.63, 3.8) is 0 Å². The molecule has 200 valence electrons. The molecule has 38 heavy (non-hydrogen) atoms. The predicted molar refractivity (Wildman–Crippen MR) is 148 cm³/mol. The summed E-state index contributed by atoms with van der Waals surface area (Å²) in [6.07, 6.45) is 0. The predicted octanol–water partition coefficient (Wildman–Crippen LogP) is 4.97. The van der Waals surface area contributed by atoms with Gasteiger partial charge in [-0.2, -0.15) is 0 Å². The average Bonchev–Trinajstić information content (AvgIpc) is 3.28. The van der Waals surface area contributed by atoms with Gasteiger partial charge in [-0.05, 0) is 53.6 Å². The average molecular weight is 576 g/mol. The lowest BCUT2D eigenvalue weighted by atomic mass is 9.84. The molecule has 1 unspecified atom stereocenters. The van der Waals surface area contributed by atoms with Crippen LogP contribution in [0.4, 0.5) is 0 Å². The van der Waals surface area contributed by atoms with Crippen molar-refractivity contribution >= 4 is 50.0 Å². The highest BCUT2D eigenvalue weighted by molar-refractivity contribution is 7.91. The van der Waals surface area contributed by atoms with Gasteiger partial charge in [-0.15, -0.1) is 5.10 Å². The number of aliphatic hydroxyl groups is 1. The molecule has 0 bridgehead atoms. The highest BCUT2D eigenvalue weighted by Crippen LogP contribution is 2.33. The molecule has 0 aliphatic rings. The molecule has 2 N–H and O–H groups in total. The fraction of sp³-hybridized carbons (Fsp3) is 0.296. The Kier molecular flexibility index (Phi) is 8.13. The lowest BCUT2D eigenvalue weighted by Crippen LogP contribution is -2.30. The second kappa shape index (κ2) is 11.0. The molecular weight excluding hydrogens is 547 g/mol. The number of nitrogens with one attached hydrogen (secondary N) is 1. The fourth-order valence-electron chi connectivity index (χ4n) is 4.28. The van der Waals surface area contributed by atoms with Gasteiger partial charge >= 0.3 is 0 Å². The Hall–Kier alpha value is -2.98. The van der Waals surface area contributed by atoms with Gasteiger partial charge in [0.2, 0.25) is 0 Å². The quantitative estimate of drug-likeness (QED) is 0.291. The van der Waals surface area contributed by atoms with Crippen molar-refractivity contribution in [2.45, 2.75) is 43.7 Å². The van der Waals surface area contributed by atoms with Gasteiger partial charge in [0, 0.05) is 21.0 Å². The maximum atomic E-state index is 13.0. The molecule has 1 heterocycles. The number of rotatable bonds is 9. The first kappa shape index (κ1) is 28.0. The highest BCUT2D eigenvalue weighted by atomic mass is 35.5. The van der Waals surface area contributed by atoms with E-state index in [1.54, 1.807) is 54.1 Å². The van der Waals surface area contributed by atoms with Crippen LogP contribution >= 0.6 is 23.2 Å². The van der Waals surface area contributed by atoms with Crippen LogP contribution in [0.2, 0.25) is 10.0 Å². The van der Waals surface area contributed by atoms with Gasteiger partial charge in [-0.25, -0.2) is 13.1 Å². The maximum Gasteiger partial charge on any atom is 0.251 e. The summed E-state index contributed by atoms with van der Waals surface area (Å²) >= 11 is 12.5. The van der Waals surface area contributed by atoms with E-state index in [0.717, 1.165) is 11.1 Å². The van der Waals surface area contributed by atoms with Crippen molar-refractivity contribution in [2.75, 3.05) is 12.4 Å². The van der Waals surface area contributed by atoms with Gasteiger partial charge < -0.3 is 10.4 Å². The first-order chi connectivity index (χ1) is 17.9. The van der Waals surface area contributed by atoms with E-state index >= 15 is 0 Å². The minimum atomic E-state index is -3.34. The molecule has 4 aromatic rings. The summed E-state index contributed by atoms with van der Waals surface area (Å²) in [7, 11) is -3.34. The summed E-state index contributed by atoms with van der Waals surface area (Å²) in [6.45, 7) is 5.82. The van der Waals surface area contributed by atoms with Crippen LogP contribution in [-0.2, 0) is 21.8 Å². The summed E-state index contributed by atoms with van der Waals surface area (Å²) in [6, 6.07) is 15.9. The zero-order chi connectivity index (χ0) is 27.7. The molecule has 8 nitrogen and oxygen atoms in total. The molecule has 0 fully saturated rings. The highest BCUT2D eigenvalue weighted by Gasteiger charge is 2.26. The van der Waals surface area contributed by atoms with Crippen LogP contribution in [0.3, 0.4) is 0 Å². The Morgan fingerprint density at radius 3 is 2.42 bits per heavy atom. The molecule has 0 radical (unpaired) electrons. The molecule has 11 heteroatoms. The fourth-order valence-corrected chi connectivity index (χ4v) is 5.83. The van der Waals surface area contributed by atoms with Crippen LogP contribution in [0.5, 0.6) is 0 Å². The van der Waals surface area contributed by atoms with Crippen LogP contribution in [-0.4, -0.2) is 46.8 Å². The Bertz CT molecular complexity index is 1580. The summed E-state index contributed by atoms with van der Waals surface area (Å²) in [4.78, 5) is 13.2. The lowest BCUT2D eigenvalue weighted by Gasteiger charge is -2.26. The third-order valence-electron chi connectivity index (χ3n) is 6.49.